The molecule has 0 aliphatic heterocycles. The van der Waals surface area contributed by atoms with E-state index >= 15 is 0 Å². The topological polar surface area (TPSA) is 91.2 Å². The molecule has 2 heterocycles. The van der Waals surface area contributed by atoms with Gasteiger partial charge in [-0.05, 0) is 70.2 Å². The second kappa shape index (κ2) is 8.36. The van der Waals surface area contributed by atoms with Crippen molar-refractivity contribution < 1.29 is 17.4 Å². The maximum absolute atomic E-state index is 13.9. The molecule has 0 saturated heterocycles. The predicted octanol–water partition coefficient (Wildman–Crippen LogP) is 4.82. The maximum atomic E-state index is 13.9. The Hall–Kier alpha value is -3.52. The molecule has 0 N–H and O–H groups in total. The molecule has 176 valence electrons. The number of benzene rings is 2. The minimum atomic E-state index is -4.17. The molecule has 2 aromatic carbocycles. The number of ketones is 1. The number of hydrogen-bond donors (Lipinski definition) is 0. The Morgan fingerprint density at radius 3 is 2.15 bits per heavy atom. The van der Waals surface area contributed by atoms with Crippen LogP contribution < -0.4 is 4.18 Å². The Balaban J connectivity index is 1.90. The van der Waals surface area contributed by atoms with E-state index in [9.17, 15) is 13.2 Å². The zero-order valence-electron chi connectivity index (χ0n) is 20.3. The lowest BCUT2D eigenvalue weighted by molar-refractivity contribution is 0.103. The lowest BCUT2D eigenvalue weighted by atomic mass is 9.91. The number of rotatable bonds is 5. The molecule has 0 atom stereocenters. The fourth-order valence-corrected chi connectivity index (χ4v) is 5.27. The van der Waals surface area contributed by atoms with E-state index in [1.807, 2.05) is 40.7 Å². The van der Waals surface area contributed by atoms with Gasteiger partial charge in [0.15, 0.2) is 0 Å². The molecule has 4 aromatic rings. The van der Waals surface area contributed by atoms with E-state index in [0.29, 0.717) is 11.3 Å². The van der Waals surface area contributed by atoms with E-state index in [1.54, 1.807) is 32.2 Å². The second-order valence-corrected chi connectivity index (χ2v) is 10.2. The van der Waals surface area contributed by atoms with Crippen LogP contribution in [-0.4, -0.2) is 29.0 Å². The quantitative estimate of drug-likeness (QED) is 0.302. The summed E-state index contributed by atoms with van der Waals surface area (Å²) in [6, 6.07) is 9.99. The number of pyridine rings is 1. The first-order valence-corrected chi connectivity index (χ1v) is 12.3. The maximum Gasteiger partial charge on any atom is 0.340 e. The fraction of sp³-hybridized carbons (Fsp3) is 0.269. The minimum Gasteiger partial charge on any atom is -0.358 e. The van der Waals surface area contributed by atoms with Gasteiger partial charge in [-0.25, -0.2) is 4.68 Å². The van der Waals surface area contributed by atoms with Crippen LogP contribution in [0.1, 0.15) is 49.7 Å². The summed E-state index contributed by atoms with van der Waals surface area (Å²) in [5, 5.41) is 6.03. The van der Waals surface area contributed by atoms with Gasteiger partial charge >= 0.3 is 10.1 Å². The molecular weight excluding hydrogens is 450 g/mol. The molecule has 0 spiro atoms. The average Bonchev–Trinajstić information content (AvgIpc) is 3.03. The van der Waals surface area contributed by atoms with Crippen LogP contribution in [0.2, 0.25) is 0 Å². The molecule has 0 aliphatic rings. The Kier molecular flexibility index (Phi) is 5.81. The van der Waals surface area contributed by atoms with Gasteiger partial charge < -0.3 is 4.18 Å². The van der Waals surface area contributed by atoms with Gasteiger partial charge in [-0.15, -0.1) is 0 Å². The summed E-state index contributed by atoms with van der Waals surface area (Å²) in [4.78, 5) is 18.6. The van der Waals surface area contributed by atoms with Gasteiger partial charge in [0.05, 0.1) is 5.69 Å². The molecule has 4 rings (SSSR count). The monoisotopic (exact) mass is 477 g/mol. The second-order valence-electron chi connectivity index (χ2n) is 8.66. The number of aryl methyl sites for hydroxylation is 7. The van der Waals surface area contributed by atoms with Gasteiger partial charge in [0.25, 0.3) is 0 Å². The Bertz CT molecular complexity index is 1570. The summed E-state index contributed by atoms with van der Waals surface area (Å²) in [6.07, 6.45) is 0. The molecule has 7 nitrogen and oxygen atoms in total. The van der Waals surface area contributed by atoms with Crippen LogP contribution in [0, 0.1) is 41.5 Å². The predicted molar refractivity (Wildman–Crippen MR) is 131 cm³/mol. The highest BCUT2D eigenvalue weighted by Crippen LogP contribution is 2.34. The zero-order valence-corrected chi connectivity index (χ0v) is 21.2. The van der Waals surface area contributed by atoms with Gasteiger partial charge in [0, 0.05) is 29.4 Å². The standard InChI is InChI=1S/C26H27N3O4S/c1-14-8-11-20(12-9-14)34(31,32)33-26-24(19(6)28-29(26)7)25(30)21-13-10-15(2)22-18(5)27-17(4)16(3)23(21)22/h8-13H,1-7H3. The number of carbonyl (C=O) groups is 1. The first-order chi connectivity index (χ1) is 15.9. The van der Waals surface area contributed by atoms with Gasteiger partial charge in [0.2, 0.25) is 11.7 Å². The van der Waals surface area contributed by atoms with Gasteiger partial charge in [-0.1, -0.05) is 29.8 Å². The molecule has 0 fully saturated rings. The molecule has 34 heavy (non-hydrogen) atoms. The normalized spacial score (nSPS) is 11.7. The third-order valence-electron chi connectivity index (χ3n) is 6.17. The van der Waals surface area contributed by atoms with Crippen molar-refractivity contribution in [1.29, 1.82) is 0 Å². The smallest absolute Gasteiger partial charge is 0.340 e. The number of hydrogen-bond acceptors (Lipinski definition) is 6. The highest BCUT2D eigenvalue weighted by molar-refractivity contribution is 7.87. The summed E-state index contributed by atoms with van der Waals surface area (Å²) in [7, 11) is -2.62. The molecule has 0 bridgehead atoms. The first kappa shape index (κ1) is 23.6. The van der Waals surface area contributed by atoms with Gasteiger partial charge in [-0.3, -0.25) is 9.78 Å². The van der Waals surface area contributed by atoms with Crippen molar-refractivity contribution in [1.82, 2.24) is 14.8 Å². The van der Waals surface area contributed by atoms with Crippen LogP contribution in [0.5, 0.6) is 5.88 Å². The van der Waals surface area contributed by atoms with Crippen molar-refractivity contribution in [3.8, 4) is 5.88 Å². The third-order valence-corrected chi connectivity index (χ3v) is 7.39. The molecule has 0 saturated carbocycles. The van der Waals surface area contributed by atoms with Crippen molar-refractivity contribution in [2.75, 3.05) is 0 Å². The fourth-order valence-electron chi connectivity index (χ4n) is 4.31. The van der Waals surface area contributed by atoms with E-state index < -0.39 is 10.1 Å². The Morgan fingerprint density at radius 2 is 1.50 bits per heavy atom. The van der Waals surface area contributed by atoms with Crippen molar-refractivity contribution >= 4 is 26.7 Å². The van der Waals surface area contributed by atoms with Gasteiger partial charge in [-0.2, -0.15) is 13.5 Å². The molecule has 0 amide bonds. The minimum absolute atomic E-state index is 0.00399. The van der Waals surface area contributed by atoms with Crippen molar-refractivity contribution in [3.63, 3.8) is 0 Å². The van der Waals surface area contributed by atoms with Gasteiger partial charge in [0.1, 0.15) is 10.5 Å². The summed E-state index contributed by atoms with van der Waals surface area (Å²) in [5.74, 6) is -0.463. The third kappa shape index (κ3) is 3.88. The van der Waals surface area contributed by atoms with E-state index in [2.05, 4.69) is 10.1 Å². The van der Waals surface area contributed by atoms with Crippen LogP contribution >= 0.6 is 0 Å². The van der Waals surface area contributed by atoms with E-state index in [0.717, 1.165) is 38.9 Å². The first-order valence-electron chi connectivity index (χ1n) is 10.9. The summed E-state index contributed by atoms with van der Waals surface area (Å²) < 4.78 is 32.8. The van der Waals surface area contributed by atoms with E-state index in [-0.39, 0.29) is 22.1 Å². The SMILES string of the molecule is Cc1ccc(S(=O)(=O)Oc2c(C(=O)c3ccc(C)c4c(C)nc(C)c(C)c34)c(C)nn2C)cc1. The molecule has 0 aliphatic carbocycles. The van der Waals surface area contributed by atoms with Crippen molar-refractivity contribution in [3.05, 3.63) is 81.3 Å². The number of aromatic nitrogens is 3. The Labute approximate surface area is 199 Å². The number of nitrogens with zero attached hydrogens (tertiary/aromatic N) is 3. The summed E-state index contributed by atoms with van der Waals surface area (Å²) in [6.45, 7) is 11.3. The zero-order chi connectivity index (χ0) is 24.9. The van der Waals surface area contributed by atoms with Crippen LogP contribution in [0.4, 0.5) is 0 Å². The molecule has 0 unspecified atom stereocenters. The van der Waals surface area contributed by atoms with Crippen LogP contribution in [0.15, 0.2) is 41.3 Å². The van der Waals surface area contributed by atoms with E-state index in [1.165, 1.54) is 16.8 Å². The highest BCUT2D eigenvalue weighted by atomic mass is 32.2. The van der Waals surface area contributed by atoms with E-state index in [4.69, 9.17) is 4.18 Å². The number of carbonyl (C=O) groups excluding carboxylic acids is 1. The average molecular weight is 478 g/mol. The molecule has 0 radical (unpaired) electrons. The number of fused-ring (bicyclic) bond motifs is 1. The van der Waals surface area contributed by atoms with Crippen molar-refractivity contribution in [2.24, 2.45) is 7.05 Å². The van der Waals surface area contributed by atoms with Crippen molar-refractivity contribution in [2.45, 2.75) is 46.4 Å². The molecular formula is C26H27N3O4S. The largest absolute Gasteiger partial charge is 0.358 e. The lowest BCUT2D eigenvalue weighted by Crippen LogP contribution is -2.15. The molecule has 8 heteroatoms. The van der Waals surface area contributed by atoms with Crippen LogP contribution in [0.3, 0.4) is 0 Å². The lowest BCUT2D eigenvalue weighted by Gasteiger charge is -2.15. The Morgan fingerprint density at radius 1 is 0.853 bits per heavy atom. The highest BCUT2D eigenvalue weighted by Gasteiger charge is 2.29. The van der Waals surface area contributed by atoms with Crippen LogP contribution in [0.25, 0.3) is 10.8 Å². The summed E-state index contributed by atoms with van der Waals surface area (Å²) in [5.41, 5.74) is 5.49. The van der Waals surface area contributed by atoms with Crippen LogP contribution in [-0.2, 0) is 17.2 Å². The summed E-state index contributed by atoms with van der Waals surface area (Å²) >= 11 is 0. The molecule has 2 aromatic heterocycles.